The van der Waals surface area contributed by atoms with Crippen molar-refractivity contribution in [3.8, 4) is 0 Å². The molecule has 4 rings (SSSR count). The average Bonchev–Trinajstić information content (AvgIpc) is 3.19. The van der Waals surface area contributed by atoms with E-state index in [9.17, 15) is 9.59 Å². The normalized spacial score (nSPS) is 15.8. The maximum Gasteiger partial charge on any atom is 0.276 e. The fraction of sp³-hybridized carbons (Fsp3) is 0.412. The van der Waals surface area contributed by atoms with E-state index < -0.39 is 0 Å². The highest BCUT2D eigenvalue weighted by Crippen LogP contribution is 2.27. The molecule has 1 fully saturated rings. The first-order chi connectivity index (χ1) is 12.0. The molecule has 130 valence electrons. The molecule has 1 amide bonds. The molecule has 8 heteroatoms. The molecule has 25 heavy (non-hydrogen) atoms. The minimum atomic E-state index is -0.107. The van der Waals surface area contributed by atoms with Gasteiger partial charge < -0.3 is 9.32 Å². The van der Waals surface area contributed by atoms with Crippen LogP contribution in [-0.2, 0) is 0 Å². The van der Waals surface area contributed by atoms with Crippen molar-refractivity contribution < 1.29 is 9.21 Å². The predicted octanol–water partition coefficient (Wildman–Crippen LogP) is 1.65. The van der Waals surface area contributed by atoms with E-state index in [4.69, 9.17) is 4.42 Å². The third kappa shape index (κ3) is 2.73. The molecule has 1 aliphatic heterocycles. The second kappa shape index (κ2) is 5.87. The van der Waals surface area contributed by atoms with Gasteiger partial charge in [0.1, 0.15) is 5.76 Å². The quantitative estimate of drug-likeness (QED) is 0.764. The summed E-state index contributed by atoms with van der Waals surface area (Å²) >= 11 is 0. The van der Waals surface area contributed by atoms with Crippen LogP contribution in [-0.4, -0.2) is 43.5 Å². The van der Waals surface area contributed by atoms with Crippen LogP contribution in [0.5, 0.6) is 0 Å². The summed E-state index contributed by atoms with van der Waals surface area (Å²) in [4.78, 5) is 35.1. The van der Waals surface area contributed by atoms with Crippen LogP contribution in [0.25, 0.3) is 5.65 Å². The Morgan fingerprint density at radius 3 is 2.72 bits per heavy atom. The van der Waals surface area contributed by atoms with E-state index in [1.165, 1.54) is 10.9 Å². The fourth-order valence-electron chi connectivity index (χ4n) is 3.38. The number of aromatic amines is 1. The standard InChI is InChI=1S/C17H19N5O3/c1-10-7-14-19-13(8-15(23)22(14)20-10)12-3-5-21(6-4-12)17(24)16-11(2)25-9-18-16/h7-9,12,20H,3-6H2,1-2H3. The van der Waals surface area contributed by atoms with Gasteiger partial charge in [-0.2, -0.15) is 0 Å². The van der Waals surface area contributed by atoms with Crippen molar-refractivity contribution in [2.75, 3.05) is 13.1 Å². The molecule has 4 heterocycles. The van der Waals surface area contributed by atoms with Gasteiger partial charge in [-0.25, -0.2) is 14.5 Å². The summed E-state index contributed by atoms with van der Waals surface area (Å²) in [6.45, 7) is 4.86. The third-order valence-corrected chi connectivity index (χ3v) is 4.75. The highest BCUT2D eigenvalue weighted by atomic mass is 16.3. The number of carbonyl (C=O) groups is 1. The van der Waals surface area contributed by atoms with Crippen LogP contribution < -0.4 is 5.56 Å². The van der Waals surface area contributed by atoms with Gasteiger partial charge in [0.25, 0.3) is 11.5 Å². The van der Waals surface area contributed by atoms with Crippen LogP contribution in [0, 0.1) is 13.8 Å². The zero-order valence-electron chi connectivity index (χ0n) is 14.2. The number of piperidine rings is 1. The van der Waals surface area contributed by atoms with Crippen LogP contribution in [0.15, 0.2) is 27.7 Å². The second-order valence-corrected chi connectivity index (χ2v) is 6.48. The molecule has 1 aliphatic rings. The van der Waals surface area contributed by atoms with Crippen LogP contribution in [0.2, 0.25) is 0 Å². The van der Waals surface area contributed by atoms with Gasteiger partial charge in [-0.1, -0.05) is 0 Å². The molecular formula is C17H19N5O3. The summed E-state index contributed by atoms with van der Waals surface area (Å²) in [6, 6.07) is 3.45. The summed E-state index contributed by atoms with van der Waals surface area (Å²) in [5.41, 5.74) is 2.60. The number of aromatic nitrogens is 4. The lowest BCUT2D eigenvalue weighted by Crippen LogP contribution is -2.38. The monoisotopic (exact) mass is 341 g/mol. The lowest BCUT2D eigenvalue weighted by atomic mass is 9.93. The number of aryl methyl sites for hydroxylation is 2. The Morgan fingerprint density at radius 1 is 1.28 bits per heavy atom. The highest BCUT2D eigenvalue weighted by molar-refractivity contribution is 5.93. The van der Waals surface area contributed by atoms with E-state index in [1.807, 2.05) is 13.0 Å². The molecule has 3 aromatic rings. The second-order valence-electron chi connectivity index (χ2n) is 6.48. The number of rotatable bonds is 2. The van der Waals surface area contributed by atoms with Gasteiger partial charge in [0.05, 0.1) is 5.69 Å². The Hall–Kier alpha value is -2.90. The van der Waals surface area contributed by atoms with Gasteiger partial charge in [0.2, 0.25) is 0 Å². The molecule has 0 radical (unpaired) electrons. The zero-order valence-corrected chi connectivity index (χ0v) is 14.2. The van der Waals surface area contributed by atoms with Crippen LogP contribution in [0.4, 0.5) is 0 Å². The molecule has 1 saturated heterocycles. The number of H-pyrrole nitrogens is 1. The van der Waals surface area contributed by atoms with E-state index in [0.29, 0.717) is 30.2 Å². The smallest absolute Gasteiger partial charge is 0.276 e. The predicted molar refractivity (Wildman–Crippen MR) is 89.7 cm³/mol. The van der Waals surface area contributed by atoms with Crippen molar-refractivity contribution in [1.82, 2.24) is 24.5 Å². The summed E-state index contributed by atoms with van der Waals surface area (Å²) in [5, 5.41) is 2.97. The molecule has 1 N–H and O–H groups in total. The number of likely N-dealkylation sites (tertiary alicyclic amines) is 1. The van der Waals surface area contributed by atoms with Crippen molar-refractivity contribution in [3.05, 3.63) is 51.7 Å². The maximum absolute atomic E-state index is 12.5. The first kappa shape index (κ1) is 15.6. The molecule has 8 nitrogen and oxygen atoms in total. The number of nitrogens with zero attached hydrogens (tertiary/aromatic N) is 4. The van der Waals surface area contributed by atoms with E-state index in [2.05, 4.69) is 15.1 Å². The molecule has 3 aromatic heterocycles. The lowest BCUT2D eigenvalue weighted by molar-refractivity contribution is 0.0705. The van der Waals surface area contributed by atoms with Crippen molar-refractivity contribution in [3.63, 3.8) is 0 Å². The van der Waals surface area contributed by atoms with Crippen molar-refractivity contribution in [2.45, 2.75) is 32.6 Å². The largest absolute Gasteiger partial charge is 0.448 e. The summed E-state index contributed by atoms with van der Waals surface area (Å²) in [6.07, 6.45) is 2.84. The molecule has 0 atom stereocenters. The van der Waals surface area contributed by atoms with E-state index >= 15 is 0 Å². The minimum Gasteiger partial charge on any atom is -0.448 e. The zero-order chi connectivity index (χ0) is 17.6. The Kier molecular flexibility index (Phi) is 3.67. The van der Waals surface area contributed by atoms with E-state index in [1.54, 1.807) is 17.9 Å². The summed E-state index contributed by atoms with van der Waals surface area (Å²) < 4.78 is 6.56. The fourth-order valence-corrected chi connectivity index (χ4v) is 3.38. The number of amides is 1. The molecule has 0 aromatic carbocycles. The van der Waals surface area contributed by atoms with Gasteiger partial charge in [0, 0.05) is 36.8 Å². The van der Waals surface area contributed by atoms with Crippen LogP contribution in [0.1, 0.15) is 46.4 Å². The van der Waals surface area contributed by atoms with Gasteiger partial charge in [-0.3, -0.25) is 14.7 Å². The lowest BCUT2D eigenvalue weighted by Gasteiger charge is -2.31. The van der Waals surface area contributed by atoms with Crippen LogP contribution in [0.3, 0.4) is 0 Å². The number of oxazole rings is 1. The number of fused-ring (bicyclic) bond motifs is 1. The molecule has 0 bridgehead atoms. The van der Waals surface area contributed by atoms with Crippen molar-refractivity contribution in [1.29, 1.82) is 0 Å². The Bertz CT molecular complexity index is 991. The van der Waals surface area contributed by atoms with Gasteiger partial charge in [-0.05, 0) is 26.7 Å². The first-order valence-electron chi connectivity index (χ1n) is 8.31. The van der Waals surface area contributed by atoms with E-state index in [-0.39, 0.29) is 17.4 Å². The highest BCUT2D eigenvalue weighted by Gasteiger charge is 2.28. The number of hydrogen-bond acceptors (Lipinski definition) is 5. The summed E-state index contributed by atoms with van der Waals surface area (Å²) in [5.74, 6) is 0.611. The number of carbonyl (C=O) groups excluding carboxylic acids is 1. The third-order valence-electron chi connectivity index (χ3n) is 4.75. The van der Waals surface area contributed by atoms with Gasteiger partial charge >= 0.3 is 0 Å². The van der Waals surface area contributed by atoms with Gasteiger partial charge in [-0.15, -0.1) is 0 Å². The van der Waals surface area contributed by atoms with Crippen molar-refractivity contribution in [2.24, 2.45) is 0 Å². The van der Waals surface area contributed by atoms with Gasteiger partial charge in [0.15, 0.2) is 17.7 Å². The molecule has 0 unspecified atom stereocenters. The molecular weight excluding hydrogens is 322 g/mol. The minimum absolute atomic E-state index is 0.102. The molecule has 0 saturated carbocycles. The SMILES string of the molecule is Cc1cc2nc(C3CCN(C(=O)c4ncoc4C)CC3)cc(=O)n2[nH]1. The maximum atomic E-state index is 12.5. The average molecular weight is 341 g/mol. The molecule has 0 aliphatic carbocycles. The number of hydrogen-bond donors (Lipinski definition) is 1. The summed E-state index contributed by atoms with van der Waals surface area (Å²) in [7, 11) is 0. The Morgan fingerprint density at radius 2 is 2.04 bits per heavy atom. The topological polar surface area (TPSA) is 96.5 Å². The Labute approximate surface area is 143 Å². The van der Waals surface area contributed by atoms with E-state index in [0.717, 1.165) is 24.2 Å². The molecule has 0 spiro atoms. The first-order valence-corrected chi connectivity index (χ1v) is 8.31. The van der Waals surface area contributed by atoms with Crippen LogP contribution >= 0.6 is 0 Å². The van der Waals surface area contributed by atoms with Crippen molar-refractivity contribution >= 4 is 11.6 Å². The number of nitrogens with one attached hydrogen (secondary N) is 1. The Balaban J connectivity index is 1.51.